The Morgan fingerprint density at radius 2 is 1.00 bits per heavy atom. The van der Waals surface area contributed by atoms with E-state index in [-0.39, 0.29) is 24.4 Å². The van der Waals surface area contributed by atoms with Gasteiger partial charge in [-0.1, -0.05) is 6.92 Å². The van der Waals surface area contributed by atoms with Gasteiger partial charge in [0.05, 0.1) is 0 Å². The highest BCUT2D eigenvalue weighted by Gasteiger charge is 2.95. The normalized spacial score (nSPS) is 17.9. The average Bonchev–Trinajstić information content (AvgIpc) is 2.74. The van der Waals surface area contributed by atoms with E-state index in [0.29, 0.717) is 0 Å². The van der Waals surface area contributed by atoms with Gasteiger partial charge in [-0.3, -0.25) is 9.69 Å². The SMILES string of the molecule is CCCN1CCC(=O)N(CCC(F)(F)C(F)(F)C(F)(F)C(F)(F)C(F)(F)C(F)(F)C(F)(F)C(F)(F)F)C1=O. The van der Waals surface area contributed by atoms with Crippen LogP contribution >= 0.6 is 0 Å². The van der Waals surface area contributed by atoms with E-state index < -0.39 is 79.0 Å². The summed E-state index contributed by atoms with van der Waals surface area (Å²) >= 11 is 0. The third-order valence-electron chi connectivity index (χ3n) is 5.33. The van der Waals surface area contributed by atoms with Gasteiger partial charge in [0.1, 0.15) is 0 Å². The topological polar surface area (TPSA) is 40.6 Å². The van der Waals surface area contributed by atoms with Gasteiger partial charge in [0, 0.05) is 32.5 Å². The molecule has 1 aliphatic rings. The number of nitrogens with zero attached hydrogens (tertiary/aromatic N) is 2. The number of rotatable bonds is 11. The third-order valence-corrected chi connectivity index (χ3v) is 5.33. The number of hydrogen-bond donors (Lipinski definition) is 0. The summed E-state index contributed by atoms with van der Waals surface area (Å²) in [6, 6.07) is -1.43. The molecule has 0 atom stereocenters. The Bertz CT molecular complexity index is 899. The van der Waals surface area contributed by atoms with Crippen LogP contribution in [0.25, 0.3) is 0 Å². The van der Waals surface area contributed by atoms with Crippen LogP contribution in [0.3, 0.4) is 0 Å². The van der Waals surface area contributed by atoms with Gasteiger partial charge in [-0.05, 0) is 6.42 Å². The average molecular weight is 602 g/mol. The highest BCUT2D eigenvalue weighted by molar-refractivity contribution is 5.96. The largest absolute Gasteiger partial charge is 0.460 e. The second-order valence-corrected chi connectivity index (χ2v) is 7.96. The van der Waals surface area contributed by atoms with Gasteiger partial charge in [-0.25, -0.2) is 4.79 Å². The molecule has 0 aromatic rings. The van der Waals surface area contributed by atoms with Gasteiger partial charge in [-0.2, -0.15) is 74.6 Å². The highest BCUT2D eigenvalue weighted by atomic mass is 19.4. The van der Waals surface area contributed by atoms with Crippen LogP contribution in [0.1, 0.15) is 26.2 Å². The Morgan fingerprint density at radius 1 is 0.605 bits per heavy atom. The number of urea groups is 1. The summed E-state index contributed by atoms with van der Waals surface area (Å²) in [5, 5.41) is 0. The molecule has 1 aliphatic heterocycles. The van der Waals surface area contributed by atoms with Gasteiger partial charge >= 0.3 is 53.7 Å². The zero-order chi connectivity index (χ0) is 30.6. The lowest BCUT2D eigenvalue weighted by molar-refractivity contribution is -0.461. The first-order chi connectivity index (χ1) is 16.6. The van der Waals surface area contributed by atoms with Crippen LogP contribution in [0.15, 0.2) is 0 Å². The van der Waals surface area contributed by atoms with Crippen molar-refractivity contribution in [2.75, 3.05) is 19.6 Å². The number of halogens is 17. The Morgan fingerprint density at radius 3 is 1.39 bits per heavy atom. The molecule has 38 heavy (non-hydrogen) atoms. The monoisotopic (exact) mass is 602 g/mol. The molecule has 0 aromatic carbocycles. The molecule has 1 rings (SSSR count). The van der Waals surface area contributed by atoms with Crippen molar-refractivity contribution in [1.29, 1.82) is 0 Å². The van der Waals surface area contributed by atoms with Crippen LogP contribution in [0.5, 0.6) is 0 Å². The smallest absolute Gasteiger partial charge is 0.324 e. The summed E-state index contributed by atoms with van der Waals surface area (Å²) < 4.78 is 226. The molecule has 1 fully saturated rings. The van der Waals surface area contributed by atoms with Crippen molar-refractivity contribution in [2.24, 2.45) is 0 Å². The minimum absolute atomic E-state index is 0.134. The predicted octanol–water partition coefficient (Wildman–Crippen LogP) is 6.45. The van der Waals surface area contributed by atoms with Crippen molar-refractivity contribution in [3.8, 4) is 0 Å². The van der Waals surface area contributed by atoms with Gasteiger partial charge in [0.2, 0.25) is 5.91 Å². The molecule has 0 unspecified atom stereocenters. The van der Waals surface area contributed by atoms with E-state index in [1.807, 2.05) is 0 Å². The first-order valence-electron chi connectivity index (χ1n) is 9.90. The summed E-state index contributed by atoms with van der Waals surface area (Å²) in [7, 11) is 0. The molecule has 0 N–H and O–H groups in total. The van der Waals surface area contributed by atoms with Crippen LogP contribution in [-0.2, 0) is 4.79 Å². The summed E-state index contributed by atoms with van der Waals surface area (Å²) in [6.07, 6.45) is -11.1. The molecule has 0 aliphatic carbocycles. The summed E-state index contributed by atoms with van der Waals surface area (Å²) in [5.74, 6) is -58.4. The van der Waals surface area contributed by atoms with Gasteiger partial charge in [0.25, 0.3) is 0 Å². The van der Waals surface area contributed by atoms with E-state index in [9.17, 15) is 84.2 Å². The highest BCUT2D eigenvalue weighted by Crippen LogP contribution is 2.64. The van der Waals surface area contributed by atoms with Crippen LogP contribution in [0.2, 0.25) is 0 Å². The number of alkyl halides is 17. The van der Waals surface area contributed by atoms with Crippen LogP contribution in [0, 0.1) is 0 Å². The Kier molecular flexibility index (Phi) is 8.66. The molecular weight excluding hydrogens is 587 g/mol. The molecule has 4 nitrogen and oxygen atoms in total. The van der Waals surface area contributed by atoms with Gasteiger partial charge in [-0.15, -0.1) is 0 Å². The lowest BCUT2D eigenvalue weighted by atomic mass is 9.88. The maximum atomic E-state index is 14.0. The summed E-state index contributed by atoms with van der Waals surface area (Å²) in [4.78, 5) is 24.4. The van der Waals surface area contributed by atoms with Crippen molar-refractivity contribution >= 4 is 11.9 Å². The predicted molar refractivity (Wildman–Crippen MR) is 88.9 cm³/mol. The Labute approximate surface area is 200 Å². The van der Waals surface area contributed by atoms with Crippen molar-refractivity contribution in [3.05, 3.63) is 0 Å². The zero-order valence-corrected chi connectivity index (χ0v) is 18.4. The minimum atomic E-state index is -8.71. The molecule has 224 valence electrons. The zero-order valence-electron chi connectivity index (χ0n) is 18.4. The lowest BCUT2D eigenvalue weighted by Gasteiger charge is -2.43. The standard InChI is InChI=1S/C17H15F17N2O2/c1-2-5-35-6-3-8(37)36(9(35)38)7-4-10(18,19)11(20,21)12(22,23)13(24,25)14(26,27)15(28,29)16(30,31)17(32,33)34/h2-7H2,1H3. The summed E-state index contributed by atoms with van der Waals surface area (Å²) in [6.45, 7) is -0.883. The van der Waals surface area contributed by atoms with Crippen molar-refractivity contribution < 1.29 is 84.2 Å². The number of amides is 3. The molecule has 0 spiro atoms. The van der Waals surface area contributed by atoms with E-state index in [1.165, 1.54) is 6.92 Å². The quantitative estimate of drug-likeness (QED) is 0.255. The molecule has 0 saturated carbocycles. The molecular formula is C17H15F17N2O2. The number of hydrogen-bond acceptors (Lipinski definition) is 2. The fraction of sp³-hybridized carbons (Fsp3) is 0.882. The lowest BCUT2D eigenvalue weighted by Crippen LogP contribution is -2.74. The van der Waals surface area contributed by atoms with E-state index >= 15 is 0 Å². The van der Waals surface area contributed by atoms with Crippen molar-refractivity contribution in [3.63, 3.8) is 0 Å². The first kappa shape index (κ1) is 33.8. The van der Waals surface area contributed by atoms with Crippen LogP contribution in [-0.4, -0.2) is 89.0 Å². The Hall–Kier alpha value is -2.25. The first-order valence-corrected chi connectivity index (χ1v) is 9.90. The molecule has 0 radical (unpaired) electrons. The van der Waals surface area contributed by atoms with Crippen molar-refractivity contribution in [2.45, 2.75) is 73.8 Å². The van der Waals surface area contributed by atoms with Crippen molar-refractivity contribution in [1.82, 2.24) is 9.80 Å². The van der Waals surface area contributed by atoms with E-state index in [0.717, 1.165) is 4.90 Å². The molecule has 1 heterocycles. The fourth-order valence-electron chi connectivity index (χ4n) is 3.04. The molecule has 1 saturated heterocycles. The van der Waals surface area contributed by atoms with E-state index in [2.05, 4.69) is 0 Å². The second kappa shape index (κ2) is 9.74. The van der Waals surface area contributed by atoms with Crippen LogP contribution in [0.4, 0.5) is 79.4 Å². The molecule has 3 amide bonds. The minimum Gasteiger partial charge on any atom is -0.324 e. The maximum Gasteiger partial charge on any atom is 0.460 e. The molecule has 21 heteroatoms. The number of carbonyl (C=O) groups excluding carboxylic acids is 2. The molecule has 0 aromatic heterocycles. The third kappa shape index (κ3) is 4.81. The maximum absolute atomic E-state index is 14.0. The number of imide groups is 1. The number of carbonyl (C=O) groups is 2. The van der Waals surface area contributed by atoms with Gasteiger partial charge in [0.15, 0.2) is 0 Å². The summed E-state index contributed by atoms with van der Waals surface area (Å²) in [5.41, 5.74) is 0. The fourth-order valence-corrected chi connectivity index (χ4v) is 3.04. The van der Waals surface area contributed by atoms with Gasteiger partial charge < -0.3 is 4.90 Å². The van der Waals surface area contributed by atoms with E-state index in [4.69, 9.17) is 0 Å². The van der Waals surface area contributed by atoms with E-state index in [1.54, 1.807) is 0 Å². The molecule has 0 bridgehead atoms. The Balaban J connectivity index is 3.41. The second-order valence-electron chi connectivity index (χ2n) is 7.96. The van der Waals surface area contributed by atoms with Crippen LogP contribution < -0.4 is 0 Å².